The van der Waals surface area contributed by atoms with E-state index in [0.717, 1.165) is 22.3 Å². The van der Waals surface area contributed by atoms with Crippen LogP contribution in [0.5, 0.6) is 5.75 Å². The Morgan fingerprint density at radius 2 is 1.25 bits per heavy atom. The van der Waals surface area contributed by atoms with Crippen molar-refractivity contribution in [3.63, 3.8) is 0 Å². The van der Waals surface area contributed by atoms with Gasteiger partial charge in [0, 0.05) is 5.56 Å². The first-order chi connectivity index (χ1) is 11.5. The van der Waals surface area contributed by atoms with Crippen molar-refractivity contribution in [2.45, 2.75) is 12.8 Å². The fraction of sp³-hybridized carbons (Fsp3) is 0.100. The molecule has 0 heterocycles. The molecule has 0 atom stereocenters. The quantitative estimate of drug-likeness (QED) is 0.451. The van der Waals surface area contributed by atoms with E-state index in [9.17, 15) is 13.2 Å². The van der Waals surface area contributed by atoms with Crippen LogP contribution in [-0.2, 0) is 6.42 Å². The van der Waals surface area contributed by atoms with Crippen molar-refractivity contribution in [2.75, 3.05) is 0 Å². The van der Waals surface area contributed by atoms with Crippen molar-refractivity contribution < 1.29 is 17.9 Å². The van der Waals surface area contributed by atoms with Gasteiger partial charge in [0.2, 0.25) is 0 Å². The number of rotatable bonds is 2. The zero-order valence-corrected chi connectivity index (χ0v) is 12.6. The Morgan fingerprint density at radius 3 is 2.00 bits per heavy atom. The highest BCUT2D eigenvalue weighted by Gasteiger charge is 2.32. The van der Waals surface area contributed by atoms with Crippen LogP contribution in [0.1, 0.15) is 11.1 Å². The maximum atomic E-state index is 12.7. The molecule has 0 aliphatic heterocycles. The van der Waals surface area contributed by atoms with Crippen molar-refractivity contribution in [1.82, 2.24) is 0 Å². The molecule has 3 aromatic carbocycles. The monoisotopic (exact) mass is 326 g/mol. The van der Waals surface area contributed by atoms with E-state index in [1.165, 1.54) is 11.6 Å². The van der Waals surface area contributed by atoms with Gasteiger partial charge in [-0.2, -0.15) is 0 Å². The molecule has 4 heteroatoms. The topological polar surface area (TPSA) is 9.23 Å². The fourth-order valence-corrected chi connectivity index (χ4v) is 3.31. The van der Waals surface area contributed by atoms with E-state index in [-0.39, 0.29) is 5.75 Å². The van der Waals surface area contributed by atoms with Crippen LogP contribution in [0.4, 0.5) is 13.2 Å². The molecule has 0 aromatic heterocycles. The molecule has 0 amide bonds. The Morgan fingerprint density at radius 1 is 0.667 bits per heavy atom. The van der Waals surface area contributed by atoms with Crippen LogP contribution < -0.4 is 4.74 Å². The third kappa shape index (κ3) is 2.54. The molecule has 4 rings (SSSR count). The summed E-state index contributed by atoms with van der Waals surface area (Å²) >= 11 is 0. The van der Waals surface area contributed by atoms with Crippen LogP contribution in [0.15, 0.2) is 66.7 Å². The molecule has 1 nitrogen and oxygen atoms in total. The largest absolute Gasteiger partial charge is 0.573 e. The lowest BCUT2D eigenvalue weighted by molar-refractivity contribution is -0.274. The minimum absolute atomic E-state index is 0.172. The van der Waals surface area contributed by atoms with E-state index in [4.69, 9.17) is 0 Å². The van der Waals surface area contributed by atoms with E-state index < -0.39 is 6.36 Å². The second-order valence-corrected chi connectivity index (χ2v) is 5.71. The average molecular weight is 326 g/mol. The Hall–Kier alpha value is -2.75. The molecular weight excluding hydrogens is 313 g/mol. The number of hydrogen-bond acceptors (Lipinski definition) is 1. The second kappa shape index (κ2) is 5.41. The van der Waals surface area contributed by atoms with Crippen LogP contribution >= 0.6 is 0 Å². The summed E-state index contributed by atoms with van der Waals surface area (Å²) in [5.41, 5.74) is 5.68. The predicted octanol–water partition coefficient (Wildman–Crippen LogP) is 5.82. The summed E-state index contributed by atoms with van der Waals surface area (Å²) in [6.07, 6.45) is -4.00. The molecule has 0 radical (unpaired) electrons. The number of para-hydroxylation sites is 1. The molecular formula is C20H13F3O. The highest BCUT2D eigenvalue weighted by atomic mass is 19.4. The summed E-state index contributed by atoms with van der Waals surface area (Å²) in [7, 11) is 0. The molecule has 24 heavy (non-hydrogen) atoms. The Bertz CT molecular complexity index is 913. The van der Waals surface area contributed by atoms with E-state index in [1.54, 1.807) is 18.2 Å². The van der Waals surface area contributed by atoms with Crippen LogP contribution in [-0.4, -0.2) is 6.36 Å². The van der Waals surface area contributed by atoms with Gasteiger partial charge in [0.1, 0.15) is 5.75 Å². The highest BCUT2D eigenvalue weighted by molar-refractivity contribution is 5.86. The highest BCUT2D eigenvalue weighted by Crippen LogP contribution is 2.44. The number of benzene rings is 3. The minimum atomic E-state index is -4.71. The normalized spacial score (nSPS) is 12.6. The van der Waals surface area contributed by atoms with Gasteiger partial charge in [0.15, 0.2) is 0 Å². The summed E-state index contributed by atoms with van der Waals surface area (Å²) in [4.78, 5) is 0. The molecule has 0 saturated heterocycles. The van der Waals surface area contributed by atoms with Gasteiger partial charge >= 0.3 is 6.36 Å². The first kappa shape index (κ1) is 14.8. The van der Waals surface area contributed by atoms with Gasteiger partial charge in [-0.3, -0.25) is 0 Å². The summed E-state index contributed by atoms with van der Waals surface area (Å²) in [5.74, 6) is -0.172. The number of hydrogen-bond donors (Lipinski definition) is 0. The standard InChI is InChI=1S/C20H13F3O/c21-20(22,23)24-19-11-4-3-8-17(19)16-10-5-9-15-14-7-2-1-6-13(14)12-18(15)16/h1-11H,12H2. The van der Waals surface area contributed by atoms with Crippen LogP contribution in [0.3, 0.4) is 0 Å². The maximum absolute atomic E-state index is 12.7. The van der Waals surface area contributed by atoms with Gasteiger partial charge < -0.3 is 4.74 Å². The number of fused-ring (bicyclic) bond motifs is 3. The molecule has 3 aromatic rings. The van der Waals surface area contributed by atoms with Gasteiger partial charge in [-0.25, -0.2) is 0 Å². The minimum Gasteiger partial charge on any atom is -0.405 e. The number of ether oxygens (including phenoxy) is 1. The first-order valence-electron chi connectivity index (χ1n) is 7.58. The predicted molar refractivity (Wildman–Crippen MR) is 86.8 cm³/mol. The van der Waals surface area contributed by atoms with Crippen molar-refractivity contribution in [3.05, 3.63) is 77.9 Å². The number of alkyl halides is 3. The molecule has 1 aliphatic rings. The van der Waals surface area contributed by atoms with Crippen LogP contribution in [0.25, 0.3) is 22.3 Å². The zero-order valence-electron chi connectivity index (χ0n) is 12.6. The van der Waals surface area contributed by atoms with Crippen molar-refractivity contribution in [1.29, 1.82) is 0 Å². The molecule has 0 N–H and O–H groups in total. The average Bonchev–Trinajstić information content (AvgIpc) is 2.93. The molecule has 120 valence electrons. The van der Waals surface area contributed by atoms with E-state index in [0.29, 0.717) is 12.0 Å². The Labute approximate surface area is 137 Å². The van der Waals surface area contributed by atoms with E-state index in [2.05, 4.69) is 10.8 Å². The summed E-state index contributed by atoms with van der Waals surface area (Å²) in [5, 5.41) is 0. The zero-order chi connectivity index (χ0) is 16.7. The van der Waals surface area contributed by atoms with Gasteiger partial charge in [-0.05, 0) is 40.3 Å². The van der Waals surface area contributed by atoms with Crippen LogP contribution in [0.2, 0.25) is 0 Å². The van der Waals surface area contributed by atoms with Crippen molar-refractivity contribution in [3.8, 4) is 28.0 Å². The molecule has 0 fully saturated rings. The lowest BCUT2D eigenvalue weighted by atomic mass is 9.95. The van der Waals surface area contributed by atoms with Crippen LogP contribution in [0, 0.1) is 0 Å². The van der Waals surface area contributed by atoms with Crippen molar-refractivity contribution >= 4 is 0 Å². The number of halogens is 3. The van der Waals surface area contributed by atoms with E-state index in [1.807, 2.05) is 36.4 Å². The van der Waals surface area contributed by atoms with E-state index >= 15 is 0 Å². The Balaban J connectivity index is 1.86. The van der Waals surface area contributed by atoms with Gasteiger partial charge in [-0.1, -0.05) is 60.7 Å². The smallest absolute Gasteiger partial charge is 0.405 e. The van der Waals surface area contributed by atoms with Gasteiger partial charge in [0.05, 0.1) is 0 Å². The fourth-order valence-electron chi connectivity index (χ4n) is 3.31. The van der Waals surface area contributed by atoms with Gasteiger partial charge in [-0.15, -0.1) is 13.2 Å². The third-order valence-corrected chi connectivity index (χ3v) is 4.25. The van der Waals surface area contributed by atoms with Crippen molar-refractivity contribution in [2.24, 2.45) is 0 Å². The lowest BCUT2D eigenvalue weighted by Crippen LogP contribution is -2.17. The third-order valence-electron chi connectivity index (χ3n) is 4.25. The maximum Gasteiger partial charge on any atom is 0.573 e. The summed E-state index contributed by atoms with van der Waals surface area (Å²) < 4.78 is 42.3. The molecule has 0 bridgehead atoms. The molecule has 1 aliphatic carbocycles. The molecule has 0 saturated carbocycles. The Kier molecular flexibility index (Phi) is 3.34. The summed E-state index contributed by atoms with van der Waals surface area (Å²) in [6, 6.07) is 20.1. The molecule has 0 spiro atoms. The SMILES string of the molecule is FC(F)(F)Oc1ccccc1-c1cccc2c1Cc1ccccc1-2. The second-order valence-electron chi connectivity index (χ2n) is 5.71. The molecule has 0 unspecified atom stereocenters. The summed E-state index contributed by atoms with van der Waals surface area (Å²) in [6.45, 7) is 0. The lowest BCUT2D eigenvalue weighted by Gasteiger charge is -2.15. The first-order valence-corrected chi connectivity index (χ1v) is 7.58. The van der Waals surface area contributed by atoms with Gasteiger partial charge in [0.25, 0.3) is 0 Å².